The third-order valence-corrected chi connectivity index (χ3v) is 4.00. The second kappa shape index (κ2) is 4.19. The smallest absolute Gasteiger partial charge is 0.368 e. The fourth-order valence-electron chi connectivity index (χ4n) is 0.170. The van der Waals surface area contributed by atoms with Crippen molar-refractivity contribution >= 4 is 44.7 Å². The number of aliphatic hydroxyl groups is 1. The Morgan fingerprint density at radius 1 is 1.17 bits per heavy atom. The minimum absolute atomic E-state index is 0. The van der Waals surface area contributed by atoms with E-state index in [4.69, 9.17) is 28.8 Å². The van der Waals surface area contributed by atoms with Gasteiger partial charge in [0.15, 0.2) is 0 Å². The summed E-state index contributed by atoms with van der Waals surface area (Å²) in [5, 5.41) is 4.58. The topological polar surface area (TPSA) is 135 Å². The molecule has 69 valence electrons. The van der Waals surface area contributed by atoms with Gasteiger partial charge in [0.05, 0.1) is 0 Å². The Labute approximate surface area is 94.6 Å². The Balaban J connectivity index is 0. The van der Waals surface area contributed by atoms with E-state index in [0.29, 0.717) is 0 Å². The third-order valence-electron chi connectivity index (χ3n) is 0.812. The first kappa shape index (κ1) is 9.80. The molecule has 1 radical (unpaired) electrons. The van der Waals surface area contributed by atoms with Gasteiger partial charge in [-0.05, 0) is 6.85 Å². The fraction of sp³-hybridized carbons (Fsp3) is 1.00. The fourth-order valence-corrected chi connectivity index (χ4v) is 1.53. The molecule has 0 fully saturated rings. The summed E-state index contributed by atoms with van der Waals surface area (Å²) < 4.78 is 40.6. The van der Waals surface area contributed by atoms with Crippen molar-refractivity contribution in [2.45, 2.75) is 11.9 Å². The van der Waals surface area contributed by atoms with E-state index in [1.54, 1.807) is 0 Å². The SMILES string of the molecule is [2H]C([2H])([2H])C(O)(P(=O)(O)O)P(=O)(O)O.[Na]. The van der Waals surface area contributed by atoms with Crippen LogP contribution in [0.5, 0.6) is 0 Å². The van der Waals surface area contributed by atoms with Crippen LogP contribution in [0.15, 0.2) is 0 Å². The van der Waals surface area contributed by atoms with Gasteiger partial charge in [-0.15, -0.1) is 0 Å². The number of hydrogen-bond acceptors (Lipinski definition) is 3. The van der Waals surface area contributed by atoms with Gasteiger partial charge in [0, 0.05) is 33.7 Å². The average molecular weight is 232 g/mol. The van der Waals surface area contributed by atoms with Gasteiger partial charge in [0.25, 0.3) is 5.08 Å². The summed E-state index contributed by atoms with van der Waals surface area (Å²) in [5.74, 6) is 0. The molecule has 0 heterocycles. The molecule has 12 heavy (non-hydrogen) atoms. The average Bonchev–Trinajstić information content (AvgIpc) is 1.77. The van der Waals surface area contributed by atoms with E-state index in [9.17, 15) is 9.13 Å². The molecule has 0 unspecified atom stereocenters. The van der Waals surface area contributed by atoms with Gasteiger partial charge in [-0.1, -0.05) is 0 Å². The van der Waals surface area contributed by atoms with Crippen molar-refractivity contribution in [2.24, 2.45) is 0 Å². The maximum absolute atomic E-state index is 10.5. The van der Waals surface area contributed by atoms with Crippen molar-refractivity contribution in [3.63, 3.8) is 0 Å². The predicted molar refractivity (Wildman–Crippen MR) is 40.5 cm³/mol. The van der Waals surface area contributed by atoms with E-state index in [-0.39, 0.29) is 29.6 Å². The van der Waals surface area contributed by atoms with Crippen LogP contribution in [0.4, 0.5) is 0 Å². The Morgan fingerprint density at radius 3 is 1.42 bits per heavy atom. The van der Waals surface area contributed by atoms with E-state index >= 15 is 0 Å². The van der Waals surface area contributed by atoms with Crippen LogP contribution in [0.25, 0.3) is 0 Å². The van der Waals surface area contributed by atoms with E-state index in [1.807, 2.05) is 0 Å². The molecule has 0 amide bonds. The van der Waals surface area contributed by atoms with E-state index in [0.717, 1.165) is 0 Å². The standard InChI is InChI=1S/C2H8O7P2.Na/c1-2(3,10(4,5)6)11(7,8)9;/h3H,1H3,(H2,4,5,6)(H2,7,8,9);/i1D3;. The zero-order chi connectivity index (χ0) is 12.0. The molecule has 0 saturated heterocycles. The summed E-state index contributed by atoms with van der Waals surface area (Å²) in [6.07, 6.45) is 0. The van der Waals surface area contributed by atoms with E-state index in [1.165, 1.54) is 0 Å². The minimum Gasteiger partial charge on any atom is -0.368 e. The van der Waals surface area contributed by atoms with Crippen molar-refractivity contribution in [2.75, 3.05) is 0 Å². The molecular weight excluding hydrogens is 221 g/mol. The summed E-state index contributed by atoms with van der Waals surface area (Å²) in [4.78, 5) is 33.7. The normalized spacial score (nSPS) is 18.6. The van der Waals surface area contributed by atoms with Crippen LogP contribution in [0, 0.1) is 0 Å². The predicted octanol–water partition coefficient (Wildman–Crippen LogP) is -1.37. The summed E-state index contributed by atoms with van der Waals surface area (Å²) in [6, 6.07) is 0. The molecule has 0 saturated carbocycles. The van der Waals surface area contributed by atoms with Crippen LogP contribution in [0.3, 0.4) is 0 Å². The Kier molecular flexibility index (Phi) is 3.42. The monoisotopic (exact) mass is 232 g/mol. The zero-order valence-corrected chi connectivity index (χ0v) is 9.74. The van der Waals surface area contributed by atoms with Crippen molar-refractivity contribution in [1.29, 1.82) is 0 Å². The maximum atomic E-state index is 10.5. The molecule has 0 aliphatic rings. The molecule has 10 heteroatoms. The maximum Gasteiger partial charge on any atom is 0.369 e. The molecule has 0 aromatic carbocycles. The first-order valence-corrected chi connectivity index (χ1v) is 5.31. The van der Waals surface area contributed by atoms with E-state index in [2.05, 4.69) is 0 Å². The molecule has 0 spiro atoms. The van der Waals surface area contributed by atoms with Gasteiger partial charge in [-0.3, -0.25) is 9.13 Å². The summed E-state index contributed by atoms with van der Waals surface area (Å²) in [7, 11) is -11.8. The van der Waals surface area contributed by atoms with Crippen LogP contribution in [-0.2, 0) is 9.13 Å². The van der Waals surface area contributed by atoms with Gasteiger partial charge in [-0.25, -0.2) is 0 Å². The first-order chi connectivity index (χ1) is 5.75. The minimum atomic E-state index is -5.90. The molecule has 0 aromatic heterocycles. The van der Waals surface area contributed by atoms with E-state index < -0.39 is 27.1 Å². The van der Waals surface area contributed by atoms with Crippen LogP contribution in [0.1, 0.15) is 11.0 Å². The summed E-state index contributed by atoms with van der Waals surface area (Å²) >= 11 is 0. The first-order valence-electron chi connectivity index (χ1n) is 3.59. The molecule has 0 aromatic rings. The van der Waals surface area contributed by atoms with Crippen LogP contribution < -0.4 is 0 Å². The molecule has 0 aliphatic heterocycles. The van der Waals surface area contributed by atoms with Gasteiger partial charge < -0.3 is 24.7 Å². The van der Waals surface area contributed by atoms with Crippen molar-refractivity contribution in [3.05, 3.63) is 0 Å². The Hall–Kier alpha value is 1.26. The van der Waals surface area contributed by atoms with Crippen molar-refractivity contribution < 1.29 is 37.9 Å². The molecule has 0 rings (SSSR count). The van der Waals surface area contributed by atoms with Gasteiger partial charge >= 0.3 is 15.2 Å². The number of hydrogen-bond donors (Lipinski definition) is 5. The second-order valence-electron chi connectivity index (χ2n) is 1.72. The third kappa shape index (κ3) is 3.20. The van der Waals surface area contributed by atoms with Crippen LogP contribution in [0.2, 0.25) is 0 Å². The molecule has 0 bridgehead atoms. The summed E-state index contributed by atoms with van der Waals surface area (Å²) in [5.41, 5.74) is 0. The Bertz CT molecular complexity index is 293. The molecule has 5 N–H and O–H groups in total. The molecular formula is C2H8NaO7P2. The zero-order valence-electron chi connectivity index (χ0n) is 8.95. The second-order valence-corrected chi connectivity index (χ2v) is 5.55. The van der Waals surface area contributed by atoms with Gasteiger partial charge in [-0.2, -0.15) is 0 Å². The number of rotatable bonds is 2. The quantitative estimate of drug-likeness (QED) is 0.292. The largest absolute Gasteiger partial charge is 0.369 e. The Morgan fingerprint density at radius 2 is 1.42 bits per heavy atom. The molecule has 0 atom stereocenters. The van der Waals surface area contributed by atoms with Crippen LogP contribution >= 0.6 is 15.2 Å². The van der Waals surface area contributed by atoms with Crippen molar-refractivity contribution in [3.8, 4) is 0 Å². The molecule has 7 nitrogen and oxygen atoms in total. The van der Waals surface area contributed by atoms with Gasteiger partial charge in [0.1, 0.15) is 0 Å². The summed E-state index contributed by atoms with van der Waals surface area (Å²) in [6.45, 7) is -3.90. The molecule has 0 aliphatic carbocycles. The van der Waals surface area contributed by atoms with Crippen LogP contribution in [-0.4, -0.2) is 59.3 Å². The van der Waals surface area contributed by atoms with Crippen molar-refractivity contribution in [1.82, 2.24) is 0 Å². The van der Waals surface area contributed by atoms with Gasteiger partial charge in [0.2, 0.25) is 0 Å².